The number of esters is 2. The van der Waals surface area contributed by atoms with Crippen LogP contribution in [0.2, 0.25) is 0 Å². The minimum atomic E-state index is -0.305. The van der Waals surface area contributed by atoms with Crippen molar-refractivity contribution in [3.63, 3.8) is 0 Å². The first-order valence-corrected chi connectivity index (χ1v) is 22.5. The lowest BCUT2D eigenvalue weighted by Gasteiger charge is -2.07. The standard InChI is InChI=1S/C29H32N6O4S.C12H16O4.C9H10O3/c1-38-16-17-39-24-12-7-10-22(18-24)20-27(37)31-29-35-34-28(40-29)13-6-5-11-23-14-15-25(33-32-23)30-26(36)19-21-8-3-2-4-9-21;1-14-6-7-16-11-5-3-4-10(8-11)9-12(13)15-2;1-12-9(11)6-7-3-2-4-8(10)5-7/h2-4,7-10,12,14-15,18H,5-6,11,13,16-17,19-20H2,1H3,(H,30,33,36)(H,31,35,37);3-5,8H,6-7,9H2,1-2H3;2-5,10H,6H2,1H3. The molecule has 0 radical (unpaired) electrons. The molecule has 0 aliphatic rings. The average molecular weight is 951 g/mol. The number of hydrogen-bond acceptors (Lipinski definition) is 16. The van der Waals surface area contributed by atoms with Crippen LogP contribution < -0.4 is 20.1 Å². The molecule has 0 atom stereocenters. The molecule has 2 amide bonds. The summed E-state index contributed by atoms with van der Waals surface area (Å²) in [5.74, 6) is 1.20. The van der Waals surface area contributed by atoms with Crippen LogP contribution >= 0.6 is 11.3 Å². The Morgan fingerprint density at radius 2 is 1.07 bits per heavy atom. The van der Waals surface area contributed by atoms with E-state index in [9.17, 15) is 19.2 Å². The average Bonchev–Trinajstić information content (AvgIpc) is 3.78. The Bertz CT molecular complexity index is 2440. The number of phenolic OH excluding ortho intramolecular Hbond substituents is 1. The molecule has 0 aliphatic heterocycles. The Morgan fingerprint density at radius 3 is 1.65 bits per heavy atom. The van der Waals surface area contributed by atoms with Crippen LogP contribution in [0.25, 0.3) is 0 Å². The summed E-state index contributed by atoms with van der Waals surface area (Å²) in [6.45, 7) is 2.00. The molecular weight excluding hydrogens is 893 g/mol. The molecular formula is C50H58N6O11S. The first-order valence-electron chi connectivity index (χ1n) is 21.7. The first-order chi connectivity index (χ1) is 33.0. The van der Waals surface area contributed by atoms with Crippen LogP contribution in [0, 0.1) is 0 Å². The van der Waals surface area contributed by atoms with Gasteiger partial charge in [-0.2, -0.15) is 5.10 Å². The molecule has 0 unspecified atom stereocenters. The number of aromatic nitrogens is 4. The number of methoxy groups -OCH3 is 4. The van der Waals surface area contributed by atoms with E-state index in [1.165, 1.54) is 31.6 Å². The monoisotopic (exact) mass is 950 g/mol. The summed E-state index contributed by atoms with van der Waals surface area (Å²) in [5.41, 5.74) is 4.28. The predicted molar refractivity (Wildman–Crippen MR) is 257 cm³/mol. The molecule has 3 N–H and O–H groups in total. The molecule has 2 heterocycles. The lowest BCUT2D eigenvalue weighted by Crippen LogP contribution is -2.15. The van der Waals surface area contributed by atoms with E-state index < -0.39 is 0 Å². The second-order valence-corrected chi connectivity index (χ2v) is 15.8. The number of anilines is 2. The molecule has 4 aromatic carbocycles. The van der Waals surface area contributed by atoms with E-state index >= 15 is 0 Å². The maximum Gasteiger partial charge on any atom is 0.309 e. The molecule has 6 rings (SSSR count). The molecule has 0 fully saturated rings. The van der Waals surface area contributed by atoms with E-state index in [2.05, 4.69) is 40.5 Å². The van der Waals surface area contributed by atoms with Crippen molar-refractivity contribution in [3.05, 3.63) is 148 Å². The summed E-state index contributed by atoms with van der Waals surface area (Å²) >= 11 is 1.38. The molecule has 360 valence electrons. The van der Waals surface area contributed by atoms with Crippen molar-refractivity contribution in [1.29, 1.82) is 0 Å². The van der Waals surface area contributed by atoms with E-state index in [1.54, 1.807) is 38.5 Å². The Kier molecular flexibility index (Phi) is 24.2. The summed E-state index contributed by atoms with van der Waals surface area (Å²) in [6.07, 6.45) is 4.29. The van der Waals surface area contributed by atoms with Crippen molar-refractivity contribution in [2.24, 2.45) is 0 Å². The molecule has 17 nitrogen and oxygen atoms in total. The van der Waals surface area contributed by atoms with Gasteiger partial charge in [0.05, 0.1) is 58.8 Å². The third-order valence-corrected chi connectivity index (χ3v) is 10.2. The third kappa shape index (κ3) is 21.8. The molecule has 0 saturated carbocycles. The Morgan fingerprint density at radius 1 is 0.529 bits per heavy atom. The largest absolute Gasteiger partial charge is 0.508 e. The van der Waals surface area contributed by atoms with Crippen LogP contribution in [0.15, 0.2) is 115 Å². The van der Waals surface area contributed by atoms with Crippen LogP contribution in [-0.2, 0) is 76.7 Å². The van der Waals surface area contributed by atoms with Crippen molar-refractivity contribution >= 4 is 46.0 Å². The molecule has 18 heteroatoms. The van der Waals surface area contributed by atoms with Gasteiger partial charge in [-0.15, -0.1) is 15.3 Å². The second-order valence-electron chi connectivity index (χ2n) is 14.7. The zero-order valence-electron chi connectivity index (χ0n) is 38.7. The zero-order valence-corrected chi connectivity index (χ0v) is 39.5. The van der Waals surface area contributed by atoms with E-state index in [1.807, 2.05) is 84.9 Å². The van der Waals surface area contributed by atoms with Crippen LogP contribution in [0.4, 0.5) is 10.9 Å². The predicted octanol–water partition coefficient (Wildman–Crippen LogP) is 6.82. The number of ether oxygens (including phenoxy) is 6. The fraction of sp³-hybridized carbons (Fsp3) is 0.320. The maximum atomic E-state index is 12.5. The van der Waals surface area contributed by atoms with Crippen LogP contribution in [-0.4, -0.2) is 104 Å². The van der Waals surface area contributed by atoms with Gasteiger partial charge < -0.3 is 44.2 Å². The fourth-order valence-corrected chi connectivity index (χ4v) is 6.78. The van der Waals surface area contributed by atoms with Crippen molar-refractivity contribution in [3.8, 4) is 17.2 Å². The van der Waals surface area contributed by atoms with Gasteiger partial charge in [0.1, 0.15) is 35.5 Å². The van der Waals surface area contributed by atoms with E-state index in [0.717, 1.165) is 64.4 Å². The highest BCUT2D eigenvalue weighted by Crippen LogP contribution is 2.20. The lowest BCUT2D eigenvalue weighted by atomic mass is 10.1. The number of carbonyl (C=O) groups is 4. The van der Waals surface area contributed by atoms with Crippen molar-refractivity contribution in [1.82, 2.24) is 20.4 Å². The first kappa shape index (κ1) is 53.3. The van der Waals surface area contributed by atoms with Gasteiger partial charge >= 0.3 is 11.9 Å². The van der Waals surface area contributed by atoms with E-state index in [0.29, 0.717) is 49.5 Å². The Hall–Kier alpha value is -7.28. The fourth-order valence-electron chi connectivity index (χ4n) is 5.98. The van der Waals surface area contributed by atoms with E-state index in [-0.39, 0.29) is 48.8 Å². The molecule has 68 heavy (non-hydrogen) atoms. The number of phenols is 1. The normalized spacial score (nSPS) is 10.3. The quantitative estimate of drug-likeness (QED) is 0.0444. The minimum Gasteiger partial charge on any atom is -0.508 e. The van der Waals surface area contributed by atoms with Gasteiger partial charge in [0.2, 0.25) is 16.9 Å². The van der Waals surface area contributed by atoms with E-state index in [4.69, 9.17) is 24.1 Å². The number of aromatic hydroxyl groups is 1. The molecule has 0 saturated heterocycles. The number of nitrogens with zero attached hydrogens (tertiary/aromatic N) is 4. The highest BCUT2D eigenvalue weighted by molar-refractivity contribution is 7.15. The SMILES string of the molecule is COC(=O)Cc1cccc(O)c1.COCCOc1cccc(CC(=O)Nc2nnc(CCCCc3ccc(NC(=O)Cc4ccccc4)nn3)s2)c1.COCCOc1cccc(CC(=O)OC)c1. The van der Waals surface area contributed by atoms with Gasteiger partial charge in [-0.1, -0.05) is 78.1 Å². The third-order valence-electron chi connectivity index (χ3n) is 9.32. The number of carbonyl (C=O) groups excluding carboxylic acids is 4. The van der Waals surface area contributed by atoms with Gasteiger partial charge in [0, 0.05) is 20.6 Å². The summed E-state index contributed by atoms with van der Waals surface area (Å²) in [4.78, 5) is 46.5. The number of benzene rings is 4. The number of amides is 2. The number of rotatable bonds is 23. The van der Waals surface area contributed by atoms with Gasteiger partial charge in [-0.3, -0.25) is 19.2 Å². The Balaban J connectivity index is 0.000000292. The highest BCUT2D eigenvalue weighted by atomic mass is 32.1. The van der Waals surface area contributed by atoms with Gasteiger partial charge in [-0.25, -0.2) is 0 Å². The number of unbranched alkanes of at least 4 members (excludes halogenated alkanes) is 1. The van der Waals surface area contributed by atoms with Crippen LogP contribution in [0.1, 0.15) is 45.8 Å². The van der Waals surface area contributed by atoms with Gasteiger partial charge in [0.15, 0.2) is 5.82 Å². The van der Waals surface area contributed by atoms with Crippen molar-refractivity contribution < 1.29 is 52.7 Å². The van der Waals surface area contributed by atoms with Crippen LogP contribution in [0.3, 0.4) is 0 Å². The Labute approximate surface area is 400 Å². The minimum absolute atomic E-state index is 0.126. The smallest absolute Gasteiger partial charge is 0.309 e. The van der Waals surface area contributed by atoms with Gasteiger partial charge in [0.25, 0.3) is 0 Å². The molecule has 0 aliphatic carbocycles. The lowest BCUT2D eigenvalue weighted by molar-refractivity contribution is -0.140. The second kappa shape index (κ2) is 30.8. The number of aryl methyl sites for hydroxylation is 2. The summed E-state index contributed by atoms with van der Waals surface area (Å²) < 4.78 is 30.0. The molecule has 2 aromatic heterocycles. The highest BCUT2D eigenvalue weighted by Gasteiger charge is 2.11. The summed E-state index contributed by atoms with van der Waals surface area (Å²) in [7, 11) is 5.96. The number of nitrogens with one attached hydrogen (secondary N) is 2. The van der Waals surface area contributed by atoms with Crippen molar-refractivity contribution in [2.75, 3.05) is 65.5 Å². The zero-order chi connectivity index (χ0) is 48.8. The molecule has 0 spiro atoms. The molecule has 6 aromatic rings. The molecule has 0 bridgehead atoms. The topological polar surface area (TPSA) is 220 Å². The van der Waals surface area contributed by atoms with Crippen LogP contribution in [0.5, 0.6) is 17.2 Å². The number of hydrogen-bond donors (Lipinski definition) is 3. The summed E-state index contributed by atoms with van der Waals surface area (Å²) in [6, 6.07) is 34.6. The van der Waals surface area contributed by atoms with Gasteiger partial charge in [-0.05, 0) is 90.0 Å². The van der Waals surface area contributed by atoms with Crippen molar-refractivity contribution in [2.45, 2.75) is 51.4 Å². The maximum absolute atomic E-state index is 12.5. The summed E-state index contributed by atoms with van der Waals surface area (Å²) in [5, 5.41) is 32.7.